The molecule has 1 aliphatic heterocycles. The Morgan fingerprint density at radius 2 is 1.90 bits per heavy atom. The molecule has 0 saturated carbocycles. The Kier molecular flexibility index (Phi) is 6.06. The molecular weight excluding hydrogens is 416 g/mol. The van der Waals surface area contributed by atoms with Gasteiger partial charge in [-0.25, -0.2) is 4.98 Å². The van der Waals surface area contributed by atoms with E-state index in [-0.39, 0.29) is 6.10 Å². The smallest absolute Gasteiger partial charge is 0.206 e. The summed E-state index contributed by atoms with van der Waals surface area (Å²) in [4.78, 5) is 4.23. The van der Waals surface area contributed by atoms with Crippen LogP contribution in [0.15, 0.2) is 54.4 Å². The second-order valence-corrected chi connectivity index (χ2v) is 7.95. The van der Waals surface area contributed by atoms with Gasteiger partial charge in [0.15, 0.2) is 0 Å². The van der Waals surface area contributed by atoms with Crippen LogP contribution >= 0.6 is 11.3 Å². The van der Waals surface area contributed by atoms with Crippen LogP contribution in [0, 0.1) is 0 Å². The van der Waals surface area contributed by atoms with Gasteiger partial charge in [0, 0.05) is 24.8 Å². The topological polar surface area (TPSA) is 80.0 Å². The Morgan fingerprint density at radius 1 is 1.06 bits per heavy atom. The standard InChI is InChI=1S/C22H22N4O4S/c1-3-20(4-2-18(1)28-9-10-29-19-5-7-27-8-6-19)30-21-12-16(22-25-24-15-31-22)11-17-13-23-14-26(17)21/h1-4,11-15,19H,5-10H2. The van der Waals surface area contributed by atoms with E-state index in [1.807, 2.05) is 40.8 Å². The minimum absolute atomic E-state index is 0.282. The highest BCUT2D eigenvalue weighted by Crippen LogP contribution is 2.30. The Morgan fingerprint density at radius 3 is 2.71 bits per heavy atom. The van der Waals surface area contributed by atoms with Gasteiger partial charge < -0.3 is 18.9 Å². The second kappa shape index (κ2) is 9.42. The molecule has 4 aromatic rings. The Balaban J connectivity index is 1.21. The number of pyridine rings is 1. The lowest BCUT2D eigenvalue weighted by molar-refractivity contribution is -0.0388. The highest BCUT2D eigenvalue weighted by atomic mass is 32.1. The molecule has 4 heterocycles. The van der Waals surface area contributed by atoms with Gasteiger partial charge in [-0.2, -0.15) is 0 Å². The van der Waals surface area contributed by atoms with E-state index in [0.29, 0.717) is 24.8 Å². The van der Waals surface area contributed by atoms with Crippen LogP contribution in [0.5, 0.6) is 17.4 Å². The first-order chi connectivity index (χ1) is 15.3. The molecule has 9 heteroatoms. The fraction of sp³-hybridized carbons (Fsp3) is 0.318. The zero-order chi connectivity index (χ0) is 20.9. The van der Waals surface area contributed by atoms with E-state index >= 15 is 0 Å². The summed E-state index contributed by atoms with van der Waals surface area (Å²) in [6, 6.07) is 11.5. The molecular formula is C22H22N4O4S. The van der Waals surface area contributed by atoms with E-state index in [4.69, 9.17) is 18.9 Å². The molecule has 1 saturated heterocycles. The number of benzene rings is 1. The van der Waals surface area contributed by atoms with Gasteiger partial charge in [0.25, 0.3) is 0 Å². The molecule has 0 spiro atoms. The van der Waals surface area contributed by atoms with Crippen molar-refractivity contribution in [1.82, 2.24) is 19.6 Å². The van der Waals surface area contributed by atoms with Gasteiger partial charge in [0.05, 0.1) is 24.4 Å². The van der Waals surface area contributed by atoms with Gasteiger partial charge in [-0.3, -0.25) is 4.40 Å². The van der Waals surface area contributed by atoms with Crippen molar-refractivity contribution in [2.45, 2.75) is 18.9 Å². The van der Waals surface area contributed by atoms with Crippen molar-refractivity contribution < 1.29 is 18.9 Å². The molecule has 1 aromatic carbocycles. The van der Waals surface area contributed by atoms with Crippen LogP contribution in [-0.4, -0.2) is 52.1 Å². The van der Waals surface area contributed by atoms with Gasteiger partial charge in [0.2, 0.25) is 5.88 Å². The maximum atomic E-state index is 6.14. The Hall–Kier alpha value is -3.01. The molecule has 0 radical (unpaired) electrons. The van der Waals surface area contributed by atoms with E-state index in [9.17, 15) is 0 Å². The molecule has 31 heavy (non-hydrogen) atoms. The summed E-state index contributed by atoms with van der Waals surface area (Å²) in [6.07, 6.45) is 5.71. The van der Waals surface area contributed by atoms with Crippen LogP contribution in [0.4, 0.5) is 0 Å². The lowest BCUT2D eigenvalue weighted by Crippen LogP contribution is -2.25. The summed E-state index contributed by atoms with van der Waals surface area (Å²) in [5.74, 6) is 2.13. The van der Waals surface area contributed by atoms with E-state index in [0.717, 1.165) is 47.9 Å². The molecule has 160 valence electrons. The molecule has 0 N–H and O–H groups in total. The zero-order valence-electron chi connectivity index (χ0n) is 16.8. The average molecular weight is 439 g/mol. The number of aromatic nitrogens is 4. The van der Waals surface area contributed by atoms with Crippen LogP contribution in [-0.2, 0) is 9.47 Å². The fourth-order valence-corrected chi connectivity index (χ4v) is 3.98. The number of hydrogen-bond donors (Lipinski definition) is 0. The lowest BCUT2D eigenvalue weighted by Gasteiger charge is -2.22. The van der Waals surface area contributed by atoms with Gasteiger partial charge in [-0.05, 0) is 43.2 Å². The number of rotatable bonds is 8. The Bertz CT molecular complexity index is 1110. The molecule has 0 atom stereocenters. The van der Waals surface area contributed by atoms with Crippen LogP contribution < -0.4 is 9.47 Å². The SMILES string of the molecule is c1nnc(-c2cc(Oc3ccc(OCCOC4CCOCC4)cc3)n3cncc3c2)s1. The normalized spacial score (nSPS) is 14.7. The minimum Gasteiger partial charge on any atom is -0.491 e. The average Bonchev–Trinajstić information content (AvgIpc) is 3.51. The minimum atomic E-state index is 0.282. The summed E-state index contributed by atoms with van der Waals surface area (Å²) in [5, 5.41) is 8.91. The molecule has 8 nitrogen and oxygen atoms in total. The molecule has 5 rings (SSSR count). The van der Waals surface area contributed by atoms with Crippen molar-refractivity contribution in [3.05, 3.63) is 54.4 Å². The van der Waals surface area contributed by atoms with E-state index in [2.05, 4.69) is 15.2 Å². The van der Waals surface area contributed by atoms with Crippen molar-refractivity contribution >= 4 is 16.9 Å². The third-order valence-corrected chi connectivity index (χ3v) is 5.75. The van der Waals surface area contributed by atoms with Crippen molar-refractivity contribution in [2.75, 3.05) is 26.4 Å². The monoisotopic (exact) mass is 438 g/mol. The van der Waals surface area contributed by atoms with Crippen molar-refractivity contribution in [3.8, 4) is 28.0 Å². The molecule has 3 aromatic heterocycles. The van der Waals surface area contributed by atoms with Crippen LogP contribution in [0.3, 0.4) is 0 Å². The maximum Gasteiger partial charge on any atom is 0.206 e. The van der Waals surface area contributed by atoms with Crippen LogP contribution in [0.2, 0.25) is 0 Å². The van der Waals surface area contributed by atoms with Crippen LogP contribution in [0.1, 0.15) is 12.8 Å². The predicted octanol–water partition coefficient (Wildman–Crippen LogP) is 4.22. The van der Waals surface area contributed by atoms with E-state index in [1.165, 1.54) is 11.3 Å². The van der Waals surface area contributed by atoms with Gasteiger partial charge >= 0.3 is 0 Å². The largest absolute Gasteiger partial charge is 0.491 e. The van der Waals surface area contributed by atoms with Crippen molar-refractivity contribution in [2.24, 2.45) is 0 Å². The fourth-order valence-electron chi connectivity index (χ4n) is 3.44. The van der Waals surface area contributed by atoms with Gasteiger partial charge in [0.1, 0.15) is 35.0 Å². The molecule has 1 aliphatic rings. The number of fused-ring (bicyclic) bond motifs is 1. The summed E-state index contributed by atoms with van der Waals surface area (Å²) in [5.41, 5.74) is 3.58. The first-order valence-corrected chi connectivity index (χ1v) is 11.1. The molecule has 0 unspecified atom stereocenters. The third kappa shape index (κ3) is 4.84. The highest BCUT2D eigenvalue weighted by molar-refractivity contribution is 7.12. The molecule has 0 amide bonds. The molecule has 0 aliphatic carbocycles. The Labute approximate surface area is 183 Å². The summed E-state index contributed by atoms with van der Waals surface area (Å²) < 4.78 is 25.0. The first kappa shape index (κ1) is 19.9. The van der Waals surface area contributed by atoms with Crippen LogP contribution in [0.25, 0.3) is 16.1 Å². The summed E-state index contributed by atoms with van der Waals surface area (Å²) in [6.45, 7) is 2.64. The van der Waals surface area contributed by atoms with Crippen molar-refractivity contribution in [3.63, 3.8) is 0 Å². The first-order valence-electron chi connectivity index (χ1n) is 10.2. The predicted molar refractivity (Wildman–Crippen MR) is 116 cm³/mol. The molecule has 1 fully saturated rings. The number of ether oxygens (including phenoxy) is 4. The summed E-state index contributed by atoms with van der Waals surface area (Å²) >= 11 is 1.48. The maximum absolute atomic E-state index is 6.14. The second-order valence-electron chi connectivity index (χ2n) is 7.12. The molecule has 0 bridgehead atoms. The number of nitrogens with zero attached hydrogens (tertiary/aromatic N) is 4. The highest BCUT2D eigenvalue weighted by Gasteiger charge is 2.14. The summed E-state index contributed by atoms with van der Waals surface area (Å²) in [7, 11) is 0. The zero-order valence-corrected chi connectivity index (χ0v) is 17.7. The van der Waals surface area contributed by atoms with Crippen molar-refractivity contribution in [1.29, 1.82) is 0 Å². The number of hydrogen-bond acceptors (Lipinski definition) is 8. The third-order valence-electron chi connectivity index (χ3n) is 5.01. The number of imidazole rings is 1. The van der Waals surface area contributed by atoms with Gasteiger partial charge in [-0.15, -0.1) is 10.2 Å². The quantitative estimate of drug-likeness (QED) is 0.381. The van der Waals surface area contributed by atoms with E-state index in [1.54, 1.807) is 18.0 Å². The van der Waals surface area contributed by atoms with E-state index < -0.39 is 0 Å². The lowest BCUT2D eigenvalue weighted by atomic mass is 10.2. The van der Waals surface area contributed by atoms with Gasteiger partial charge in [-0.1, -0.05) is 11.3 Å².